The van der Waals surface area contributed by atoms with Gasteiger partial charge in [-0.05, 0) is 186 Å². The van der Waals surface area contributed by atoms with Gasteiger partial charge in [0, 0.05) is 54.8 Å². The molecule has 0 bridgehead atoms. The number of benzene rings is 15. The quantitative estimate of drug-likeness (QED) is 0.137. The summed E-state index contributed by atoms with van der Waals surface area (Å²) in [4.78, 5) is 0. The van der Waals surface area contributed by atoms with Crippen LogP contribution in [0.1, 0.15) is 27.7 Å². The highest BCUT2D eigenvalue weighted by atomic mass is 15.0. The summed E-state index contributed by atoms with van der Waals surface area (Å²) in [6, 6.07) is 125. The largest absolute Gasteiger partial charge is 0.309 e. The van der Waals surface area contributed by atoms with Gasteiger partial charge >= 0.3 is 0 Å². The summed E-state index contributed by atoms with van der Waals surface area (Å²) >= 11 is 0. The third kappa shape index (κ3) is 9.58. The average molecular weight is 1230 g/mol. The van der Waals surface area contributed by atoms with Crippen LogP contribution in [0.5, 0.6) is 0 Å². The van der Waals surface area contributed by atoms with E-state index in [0.29, 0.717) is 12.1 Å². The van der Waals surface area contributed by atoms with Crippen molar-refractivity contribution in [1.29, 1.82) is 0 Å². The third-order valence-corrected chi connectivity index (χ3v) is 20.1. The highest BCUT2D eigenvalue weighted by Crippen LogP contribution is 2.50. The maximum Gasteiger partial charge on any atom is 0.0623 e. The fraction of sp³-hybridized carbons (Fsp3) is 0.0323. The zero-order valence-electron chi connectivity index (χ0n) is 55.3. The van der Waals surface area contributed by atoms with Crippen molar-refractivity contribution in [2.24, 2.45) is 0 Å². The lowest BCUT2D eigenvalue weighted by atomic mass is 9.82. The van der Waals surface area contributed by atoms with Crippen molar-refractivity contribution < 1.29 is 2.74 Å². The van der Waals surface area contributed by atoms with E-state index in [9.17, 15) is 0 Å². The van der Waals surface area contributed by atoms with E-state index in [-0.39, 0.29) is 5.41 Å². The normalized spacial score (nSPS) is 12.6. The maximum atomic E-state index is 8.33. The van der Waals surface area contributed by atoms with E-state index in [1.807, 2.05) is 36.4 Å². The minimum absolute atomic E-state index is 0.0169. The number of aromatic nitrogens is 3. The van der Waals surface area contributed by atoms with Gasteiger partial charge in [-0.1, -0.05) is 275 Å². The van der Waals surface area contributed by atoms with Crippen LogP contribution in [0.2, 0.25) is 0 Å². The molecule has 0 radical (unpaired) electrons. The summed E-state index contributed by atoms with van der Waals surface area (Å²) in [5, 5.41) is 7.02. The summed E-state index contributed by atoms with van der Waals surface area (Å²) in [6.45, 7) is 4.68. The molecule has 18 aromatic rings. The molecular formula is C93H65N3. The van der Waals surface area contributed by atoms with Crippen LogP contribution >= 0.6 is 0 Å². The fourth-order valence-corrected chi connectivity index (χ4v) is 15.2. The Labute approximate surface area is 561 Å². The summed E-state index contributed by atoms with van der Waals surface area (Å²) in [5.41, 5.74) is 30.2. The first kappa shape index (κ1) is 54.3. The summed E-state index contributed by atoms with van der Waals surface area (Å²) in [6.07, 6.45) is 0. The Bertz CT molecular complexity index is 5900. The molecule has 3 heterocycles. The molecule has 0 aliphatic heterocycles. The number of fused-ring (bicyclic) bond motifs is 12. The van der Waals surface area contributed by atoms with Crippen LogP contribution in [0.15, 0.2) is 358 Å². The number of hydrogen-bond acceptors (Lipinski definition) is 0. The number of hydrogen-bond donors (Lipinski definition) is 0. The van der Waals surface area contributed by atoms with Crippen molar-refractivity contribution in [3.63, 3.8) is 0 Å². The topological polar surface area (TPSA) is 14.8 Å². The Kier molecular flexibility index (Phi) is 13.0. The average Bonchev–Trinajstić information content (AvgIpc) is 1.61. The van der Waals surface area contributed by atoms with Gasteiger partial charge in [-0.25, -0.2) is 0 Å². The van der Waals surface area contributed by atoms with Crippen LogP contribution in [-0.2, 0) is 5.41 Å². The lowest BCUT2D eigenvalue weighted by molar-refractivity contribution is 0.660. The molecule has 0 N–H and O–H groups in total. The van der Waals surface area contributed by atoms with Gasteiger partial charge in [0.2, 0.25) is 0 Å². The first-order chi connectivity index (χ1) is 48.1. The van der Waals surface area contributed by atoms with Crippen molar-refractivity contribution >= 4 is 65.4 Å². The molecule has 0 saturated carbocycles. The molecule has 19 rings (SSSR count). The zero-order chi connectivity index (χ0) is 65.6. The van der Waals surface area contributed by atoms with Gasteiger partial charge in [-0.3, -0.25) is 0 Å². The number of para-hydroxylation sites is 5. The summed E-state index contributed by atoms with van der Waals surface area (Å²) < 4.78 is 23.6. The molecule has 1 aliphatic rings. The lowest BCUT2D eigenvalue weighted by Crippen LogP contribution is -2.14. The van der Waals surface area contributed by atoms with Crippen LogP contribution in [0.4, 0.5) is 0 Å². The highest BCUT2D eigenvalue weighted by Gasteiger charge is 2.35. The molecule has 3 aromatic heterocycles. The molecule has 0 saturated heterocycles. The minimum Gasteiger partial charge on any atom is -0.309 e. The van der Waals surface area contributed by atoms with Crippen molar-refractivity contribution in [3.05, 3.63) is 369 Å². The molecule has 0 fully saturated rings. The lowest BCUT2D eigenvalue weighted by Gasteiger charge is -2.21. The molecule has 15 aromatic carbocycles. The second-order valence-electron chi connectivity index (χ2n) is 25.9. The molecule has 0 amide bonds. The van der Waals surface area contributed by atoms with E-state index in [4.69, 9.17) is 2.74 Å². The Hall–Kier alpha value is -12.3. The van der Waals surface area contributed by atoms with Crippen LogP contribution < -0.4 is 0 Å². The molecule has 0 spiro atoms. The Morgan fingerprint density at radius 1 is 0.208 bits per heavy atom. The van der Waals surface area contributed by atoms with Crippen LogP contribution in [-0.4, -0.2) is 13.7 Å². The van der Waals surface area contributed by atoms with E-state index >= 15 is 0 Å². The van der Waals surface area contributed by atoms with Gasteiger partial charge in [0.25, 0.3) is 0 Å². The third-order valence-electron chi connectivity index (χ3n) is 20.1. The van der Waals surface area contributed by atoms with Crippen LogP contribution in [0.3, 0.4) is 0 Å². The monoisotopic (exact) mass is 1230 g/mol. The van der Waals surface area contributed by atoms with Gasteiger partial charge < -0.3 is 13.7 Å². The SMILES string of the molecule is CC1(C)c2ccccc2-c2cc(-c3ccc4c(c3)c3ccccc3n4-c3ccc(-c4ccc(-c5ccccc5)cc4)cc3)ccc21.[2H]c1ccc2c(c1)c1cc(-c3ccc(-c4ccc(-c5ccc6c(c5)c5cc([2H])ccc5n6-c5ccccc5)cc4)cc3)ccc1n2-c1ccccc1. The summed E-state index contributed by atoms with van der Waals surface area (Å²) in [7, 11) is 0. The molecule has 452 valence electrons. The van der Waals surface area contributed by atoms with E-state index in [1.165, 1.54) is 94.3 Å². The standard InChI is InChI=1S/C48H32N2.C45H33N/c1-3-11-39(12-4-1)49-45-17-9-7-15-41(45)43-31-37(27-29-47(43)49)35-23-19-33(20-24-35)34-21-25-36(26-22-34)38-28-30-48-44(32-38)42-16-8-10-18-46(42)50(48)40-13-5-2-6-14-40;1-45(2)41-14-8-6-12-37(41)39-28-34(22-26-42(39)45)35-23-27-44-40(29-35)38-13-7-9-15-43(38)46(44)36-24-20-33(21-25-36)32-18-16-31(17-19-32)30-10-4-3-5-11-30/h1-32H;3-29H,1-2H3/i7D,8D;. The predicted octanol–water partition coefficient (Wildman–Crippen LogP) is 25.0. The molecule has 3 nitrogen and oxygen atoms in total. The smallest absolute Gasteiger partial charge is 0.0623 e. The Balaban J connectivity index is 0.000000143. The molecule has 3 heteroatoms. The predicted molar refractivity (Wildman–Crippen MR) is 406 cm³/mol. The molecule has 0 atom stereocenters. The van der Waals surface area contributed by atoms with Gasteiger partial charge in [0.05, 0.1) is 35.8 Å². The van der Waals surface area contributed by atoms with Crippen molar-refractivity contribution in [1.82, 2.24) is 13.7 Å². The van der Waals surface area contributed by atoms with E-state index in [0.717, 1.165) is 77.2 Å². The zero-order valence-corrected chi connectivity index (χ0v) is 53.3. The van der Waals surface area contributed by atoms with Crippen LogP contribution in [0.25, 0.3) is 160 Å². The van der Waals surface area contributed by atoms with Gasteiger partial charge in [0.1, 0.15) is 0 Å². The molecular weight excluding hydrogens is 1160 g/mol. The first-order valence-electron chi connectivity index (χ1n) is 34.1. The number of nitrogens with zero attached hydrogens (tertiary/aromatic N) is 3. The fourth-order valence-electron chi connectivity index (χ4n) is 15.2. The van der Waals surface area contributed by atoms with Crippen molar-refractivity contribution in [2.75, 3.05) is 0 Å². The first-order valence-corrected chi connectivity index (χ1v) is 33.1. The maximum absolute atomic E-state index is 8.33. The van der Waals surface area contributed by atoms with E-state index in [2.05, 4.69) is 337 Å². The number of rotatable bonds is 9. The molecule has 0 unspecified atom stereocenters. The van der Waals surface area contributed by atoms with E-state index < -0.39 is 0 Å². The Morgan fingerprint density at radius 3 is 0.969 bits per heavy atom. The van der Waals surface area contributed by atoms with Crippen molar-refractivity contribution in [3.8, 4) is 95.0 Å². The van der Waals surface area contributed by atoms with Gasteiger partial charge in [-0.2, -0.15) is 0 Å². The van der Waals surface area contributed by atoms with Crippen molar-refractivity contribution in [2.45, 2.75) is 19.3 Å². The van der Waals surface area contributed by atoms with Gasteiger partial charge in [-0.15, -0.1) is 0 Å². The minimum atomic E-state index is 0.0169. The summed E-state index contributed by atoms with van der Waals surface area (Å²) in [5.74, 6) is 0. The van der Waals surface area contributed by atoms with Crippen LogP contribution in [0, 0.1) is 0 Å². The second kappa shape index (κ2) is 23.1. The highest BCUT2D eigenvalue weighted by molar-refractivity contribution is 6.13. The van der Waals surface area contributed by atoms with Gasteiger partial charge in [0.15, 0.2) is 0 Å². The second-order valence-corrected chi connectivity index (χ2v) is 25.9. The molecule has 96 heavy (non-hydrogen) atoms. The Morgan fingerprint density at radius 2 is 0.500 bits per heavy atom. The molecule has 1 aliphatic carbocycles. The van der Waals surface area contributed by atoms with E-state index in [1.54, 1.807) is 0 Å².